The van der Waals surface area contributed by atoms with Crippen molar-refractivity contribution in [2.45, 2.75) is 6.92 Å². The molecule has 3 rings (SSSR count). The van der Waals surface area contributed by atoms with E-state index in [4.69, 9.17) is 11.6 Å². The standard InChI is InChI=1S/C16H18ClN5O/c1-12(23)21-6-8-22(9-7-21)16-10-15(18-11-19-16)20-14-4-2-13(17)3-5-14/h2-5,10-11H,6-9H2,1H3,(H,18,19,20). The molecule has 1 amide bonds. The minimum absolute atomic E-state index is 0.123. The first-order valence-electron chi connectivity index (χ1n) is 7.47. The van der Waals surface area contributed by atoms with Crippen molar-refractivity contribution in [1.82, 2.24) is 14.9 Å². The minimum Gasteiger partial charge on any atom is -0.353 e. The molecule has 0 saturated carbocycles. The molecule has 1 N–H and O–H groups in total. The van der Waals surface area contributed by atoms with Gasteiger partial charge in [0.25, 0.3) is 0 Å². The van der Waals surface area contributed by atoms with Gasteiger partial charge in [0.15, 0.2) is 0 Å². The van der Waals surface area contributed by atoms with Crippen molar-refractivity contribution in [2.75, 3.05) is 36.4 Å². The number of piperazine rings is 1. The van der Waals surface area contributed by atoms with Crippen LogP contribution in [0.5, 0.6) is 0 Å². The van der Waals surface area contributed by atoms with Gasteiger partial charge in [0.2, 0.25) is 5.91 Å². The van der Waals surface area contributed by atoms with Gasteiger partial charge in [-0.05, 0) is 24.3 Å². The number of anilines is 3. The van der Waals surface area contributed by atoms with Crippen LogP contribution in [0.25, 0.3) is 0 Å². The van der Waals surface area contributed by atoms with E-state index in [1.807, 2.05) is 35.2 Å². The van der Waals surface area contributed by atoms with Crippen molar-refractivity contribution in [3.63, 3.8) is 0 Å². The molecule has 0 bridgehead atoms. The van der Waals surface area contributed by atoms with Gasteiger partial charge in [0.1, 0.15) is 18.0 Å². The first-order chi connectivity index (χ1) is 11.1. The molecule has 120 valence electrons. The lowest BCUT2D eigenvalue weighted by Crippen LogP contribution is -2.48. The van der Waals surface area contributed by atoms with Crippen molar-refractivity contribution in [3.8, 4) is 0 Å². The highest BCUT2D eigenvalue weighted by Crippen LogP contribution is 2.21. The molecule has 6 nitrogen and oxygen atoms in total. The van der Waals surface area contributed by atoms with Crippen LogP contribution >= 0.6 is 11.6 Å². The highest BCUT2D eigenvalue weighted by atomic mass is 35.5. The molecule has 0 radical (unpaired) electrons. The molecule has 2 heterocycles. The van der Waals surface area contributed by atoms with Crippen molar-refractivity contribution >= 4 is 34.8 Å². The van der Waals surface area contributed by atoms with Gasteiger partial charge in [-0.1, -0.05) is 11.6 Å². The number of nitrogens with zero attached hydrogens (tertiary/aromatic N) is 4. The smallest absolute Gasteiger partial charge is 0.219 e. The number of nitrogens with one attached hydrogen (secondary N) is 1. The Labute approximate surface area is 140 Å². The molecule has 1 fully saturated rings. The number of carbonyl (C=O) groups excluding carboxylic acids is 1. The van der Waals surface area contributed by atoms with Crippen LogP contribution in [-0.2, 0) is 4.79 Å². The van der Waals surface area contributed by atoms with Crippen LogP contribution in [0.1, 0.15) is 6.92 Å². The Morgan fingerprint density at radius 2 is 1.83 bits per heavy atom. The van der Waals surface area contributed by atoms with E-state index >= 15 is 0 Å². The Balaban J connectivity index is 1.68. The molecule has 1 saturated heterocycles. The Morgan fingerprint density at radius 3 is 2.48 bits per heavy atom. The van der Waals surface area contributed by atoms with Crippen LogP contribution in [0.2, 0.25) is 5.02 Å². The first-order valence-corrected chi connectivity index (χ1v) is 7.85. The summed E-state index contributed by atoms with van der Waals surface area (Å²) in [6, 6.07) is 9.36. The lowest BCUT2D eigenvalue weighted by molar-refractivity contribution is -0.129. The van der Waals surface area contributed by atoms with E-state index in [1.165, 1.54) is 0 Å². The Hall–Kier alpha value is -2.34. The van der Waals surface area contributed by atoms with Crippen molar-refractivity contribution in [3.05, 3.63) is 41.7 Å². The summed E-state index contributed by atoms with van der Waals surface area (Å²) in [7, 11) is 0. The lowest BCUT2D eigenvalue weighted by atomic mass is 10.3. The first kappa shape index (κ1) is 15.6. The highest BCUT2D eigenvalue weighted by Gasteiger charge is 2.19. The fourth-order valence-electron chi connectivity index (χ4n) is 2.52. The van der Waals surface area contributed by atoms with Gasteiger partial charge in [0, 0.05) is 49.9 Å². The van der Waals surface area contributed by atoms with Gasteiger partial charge in [0.05, 0.1) is 0 Å². The van der Waals surface area contributed by atoms with Gasteiger partial charge in [-0.15, -0.1) is 0 Å². The van der Waals surface area contributed by atoms with Crippen molar-refractivity contribution in [2.24, 2.45) is 0 Å². The summed E-state index contributed by atoms with van der Waals surface area (Å²) in [5.41, 5.74) is 0.917. The topological polar surface area (TPSA) is 61.4 Å². The van der Waals surface area contributed by atoms with E-state index in [9.17, 15) is 4.79 Å². The number of aromatic nitrogens is 2. The summed E-state index contributed by atoms with van der Waals surface area (Å²) in [4.78, 5) is 24.0. The van der Waals surface area contributed by atoms with Crippen LogP contribution in [0.15, 0.2) is 36.7 Å². The number of hydrogen-bond acceptors (Lipinski definition) is 5. The van der Waals surface area contributed by atoms with E-state index in [1.54, 1.807) is 13.3 Å². The second-order valence-electron chi connectivity index (χ2n) is 5.39. The molecule has 1 aromatic carbocycles. The second-order valence-corrected chi connectivity index (χ2v) is 5.82. The molecular weight excluding hydrogens is 314 g/mol. The van der Waals surface area contributed by atoms with E-state index < -0.39 is 0 Å². The van der Waals surface area contributed by atoms with Gasteiger partial charge in [-0.2, -0.15) is 0 Å². The average molecular weight is 332 g/mol. The van der Waals surface area contributed by atoms with E-state index in [2.05, 4.69) is 20.2 Å². The zero-order valence-corrected chi connectivity index (χ0v) is 13.6. The summed E-state index contributed by atoms with van der Waals surface area (Å²) in [5.74, 6) is 1.71. The third-order valence-corrected chi connectivity index (χ3v) is 4.07. The Kier molecular flexibility index (Phi) is 4.62. The van der Waals surface area contributed by atoms with Crippen LogP contribution in [0.3, 0.4) is 0 Å². The van der Waals surface area contributed by atoms with Crippen molar-refractivity contribution < 1.29 is 4.79 Å². The van der Waals surface area contributed by atoms with Gasteiger partial charge in [-0.25, -0.2) is 9.97 Å². The monoisotopic (exact) mass is 331 g/mol. The highest BCUT2D eigenvalue weighted by molar-refractivity contribution is 6.30. The predicted molar refractivity (Wildman–Crippen MR) is 91.2 cm³/mol. The number of rotatable bonds is 3. The number of halogens is 1. The van der Waals surface area contributed by atoms with Crippen LogP contribution in [0.4, 0.5) is 17.3 Å². The Bertz CT molecular complexity index is 683. The van der Waals surface area contributed by atoms with Gasteiger partial charge < -0.3 is 15.1 Å². The van der Waals surface area contributed by atoms with E-state index in [0.717, 1.165) is 43.5 Å². The van der Waals surface area contributed by atoms with E-state index in [0.29, 0.717) is 5.02 Å². The number of hydrogen-bond donors (Lipinski definition) is 1. The normalized spacial score (nSPS) is 14.7. The summed E-state index contributed by atoms with van der Waals surface area (Å²) in [5, 5.41) is 3.93. The van der Waals surface area contributed by atoms with Crippen LogP contribution in [-0.4, -0.2) is 47.0 Å². The van der Waals surface area contributed by atoms with Gasteiger partial charge in [-0.3, -0.25) is 4.79 Å². The molecular formula is C16H18ClN5O. The quantitative estimate of drug-likeness (QED) is 0.936. The maximum Gasteiger partial charge on any atom is 0.219 e. The summed E-state index contributed by atoms with van der Waals surface area (Å²) in [6.07, 6.45) is 1.55. The largest absolute Gasteiger partial charge is 0.353 e. The molecule has 2 aromatic rings. The SMILES string of the molecule is CC(=O)N1CCN(c2cc(Nc3ccc(Cl)cc3)ncn2)CC1. The lowest BCUT2D eigenvalue weighted by Gasteiger charge is -2.34. The number of carbonyl (C=O) groups is 1. The number of benzene rings is 1. The van der Waals surface area contributed by atoms with Crippen LogP contribution in [0, 0.1) is 0 Å². The van der Waals surface area contributed by atoms with Crippen LogP contribution < -0.4 is 10.2 Å². The molecule has 0 unspecified atom stereocenters. The Morgan fingerprint density at radius 1 is 1.13 bits per heavy atom. The molecule has 7 heteroatoms. The molecule has 0 aliphatic carbocycles. The fourth-order valence-corrected chi connectivity index (χ4v) is 2.65. The summed E-state index contributed by atoms with van der Waals surface area (Å²) >= 11 is 5.89. The zero-order valence-electron chi connectivity index (χ0n) is 12.9. The maximum atomic E-state index is 11.4. The zero-order chi connectivity index (χ0) is 16.2. The second kappa shape index (κ2) is 6.83. The fraction of sp³-hybridized carbons (Fsp3) is 0.312. The summed E-state index contributed by atoms with van der Waals surface area (Å²) in [6.45, 7) is 4.60. The molecule has 23 heavy (non-hydrogen) atoms. The summed E-state index contributed by atoms with van der Waals surface area (Å²) < 4.78 is 0. The third kappa shape index (κ3) is 3.90. The third-order valence-electron chi connectivity index (χ3n) is 3.82. The van der Waals surface area contributed by atoms with E-state index in [-0.39, 0.29) is 5.91 Å². The maximum absolute atomic E-state index is 11.4. The number of amides is 1. The predicted octanol–water partition coefficient (Wildman–Crippen LogP) is 2.54. The molecule has 1 aliphatic heterocycles. The molecule has 0 atom stereocenters. The molecule has 1 aromatic heterocycles. The average Bonchev–Trinajstić information content (AvgIpc) is 2.57. The minimum atomic E-state index is 0.123. The van der Waals surface area contributed by atoms with Crippen molar-refractivity contribution in [1.29, 1.82) is 0 Å². The van der Waals surface area contributed by atoms with Gasteiger partial charge >= 0.3 is 0 Å². The molecule has 1 aliphatic rings. The molecule has 0 spiro atoms.